The number of anilines is 2. The van der Waals surface area contributed by atoms with E-state index in [0.29, 0.717) is 23.2 Å². The fourth-order valence-corrected chi connectivity index (χ4v) is 6.96. The Kier molecular flexibility index (Phi) is 9.59. The number of carbonyl (C=O) groups excluding carboxylic acids is 5. The van der Waals surface area contributed by atoms with Crippen molar-refractivity contribution in [2.24, 2.45) is 5.73 Å². The number of morpholine rings is 1. The van der Waals surface area contributed by atoms with Gasteiger partial charge in [0, 0.05) is 32.2 Å². The monoisotopic (exact) mass is 611 g/mol. The third-order valence-electron chi connectivity index (χ3n) is 6.67. The van der Waals surface area contributed by atoms with Gasteiger partial charge in [-0.2, -0.15) is 0 Å². The lowest BCUT2D eigenvalue weighted by molar-refractivity contribution is -0.141. The van der Waals surface area contributed by atoms with E-state index in [0.717, 1.165) is 9.80 Å². The lowest BCUT2D eigenvalue weighted by atomic mass is 10.2. The summed E-state index contributed by atoms with van der Waals surface area (Å²) >= 11 is 6.19. The first kappa shape index (κ1) is 30.8. The second-order valence-electron chi connectivity index (χ2n) is 9.85. The zero-order valence-corrected chi connectivity index (χ0v) is 24.4. The number of nitrogens with two attached hydrogens (primary N) is 1. The van der Waals surface area contributed by atoms with Crippen LogP contribution in [0.15, 0.2) is 29.2 Å². The molecule has 4 amide bonds. The summed E-state index contributed by atoms with van der Waals surface area (Å²) in [6.07, 6.45) is 0.355. The van der Waals surface area contributed by atoms with Gasteiger partial charge < -0.3 is 20.1 Å². The van der Waals surface area contributed by atoms with Gasteiger partial charge >= 0.3 is 6.09 Å². The van der Waals surface area contributed by atoms with Crippen LogP contribution in [-0.2, 0) is 28.7 Å². The van der Waals surface area contributed by atoms with Crippen molar-refractivity contribution in [3.05, 3.63) is 35.0 Å². The van der Waals surface area contributed by atoms with Crippen molar-refractivity contribution in [2.45, 2.75) is 25.5 Å². The number of cyclic esters (lactones) is 1. The number of rotatable bonds is 8. The van der Waals surface area contributed by atoms with Gasteiger partial charge in [-0.3, -0.25) is 33.9 Å². The Morgan fingerprint density at radius 3 is 2.63 bits per heavy atom. The second-order valence-corrected chi connectivity index (χ2v) is 12.5. The SMILES string of the molecule is CC(N)C(=O)S1=C(Cl)CC=C1C(=O)N(C)C(=O)CN(C)C[C@H]1CN(c2ccc(N3CCOCC3=O)cc2F)C(=O)O1. The van der Waals surface area contributed by atoms with Crippen LogP contribution in [0.5, 0.6) is 0 Å². The summed E-state index contributed by atoms with van der Waals surface area (Å²) in [4.78, 5) is 68.2. The summed E-state index contributed by atoms with van der Waals surface area (Å²) in [6.45, 7) is 2.05. The maximum absolute atomic E-state index is 15.0. The van der Waals surface area contributed by atoms with Crippen LogP contribution in [0.4, 0.5) is 20.6 Å². The molecule has 2 N–H and O–H groups in total. The fourth-order valence-electron chi connectivity index (χ4n) is 4.55. The number of nitrogens with zero attached hydrogens (tertiary/aromatic N) is 4. The molecule has 1 aromatic carbocycles. The van der Waals surface area contributed by atoms with Gasteiger partial charge in [0.1, 0.15) is 18.5 Å². The summed E-state index contributed by atoms with van der Waals surface area (Å²) in [7, 11) is 1.64. The predicted molar refractivity (Wildman–Crippen MR) is 152 cm³/mol. The molecule has 0 aliphatic carbocycles. The molecule has 3 atom stereocenters. The van der Waals surface area contributed by atoms with Crippen molar-refractivity contribution in [3.63, 3.8) is 0 Å². The zero-order chi connectivity index (χ0) is 30.0. The molecule has 0 spiro atoms. The summed E-state index contributed by atoms with van der Waals surface area (Å²) in [6, 6.07) is 3.34. The average molecular weight is 612 g/mol. The number of likely N-dealkylation sites (N-methyl/N-ethyl adjacent to an activating group) is 2. The number of ether oxygens (including phenoxy) is 2. The van der Waals surface area contributed by atoms with Crippen molar-refractivity contribution in [1.29, 1.82) is 0 Å². The Bertz CT molecular complexity index is 1350. The van der Waals surface area contributed by atoms with Gasteiger partial charge in [-0.25, -0.2) is 9.18 Å². The minimum atomic E-state index is -1.30. The van der Waals surface area contributed by atoms with Gasteiger partial charge in [0.25, 0.3) is 11.8 Å². The van der Waals surface area contributed by atoms with Gasteiger partial charge in [0.15, 0.2) is 0 Å². The highest BCUT2D eigenvalue weighted by Crippen LogP contribution is 2.38. The molecular weight excluding hydrogens is 581 g/mol. The lowest BCUT2D eigenvalue weighted by Crippen LogP contribution is -2.43. The summed E-state index contributed by atoms with van der Waals surface area (Å²) < 4.78 is 25.8. The molecule has 1 aromatic rings. The van der Waals surface area contributed by atoms with E-state index >= 15 is 4.39 Å². The summed E-state index contributed by atoms with van der Waals surface area (Å²) in [5.74, 6) is -2.15. The van der Waals surface area contributed by atoms with Crippen LogP contribution in [0.1, 0.15) is 13.3 Å². The molecule has 3 aliphatic heterocycles. The molecule has 3 aliphatic rings. The standard InChI is InChI=1S/C26H31ClFN5O7S/c1-15(29)25(37)41-20(6-7-21(41)27)24(36)31(3)22(34)13-30(2)11-17-12-33(26(38)40-17)19-5-4-16(10-18(19)28)32-8-9-39-14-23(32)35/h4-6,10,15,17H,7-9,11-14,29H2,1-3H3/t15?,17-,41?/m0/s1. The van der Waals surface area contributed by atoms with Crippen LogP contribution in [0.3, 0.4) is 0 Å². The zero-order valence-electron chi connectivity index (χ0n) is 22.8. The maximum Gasteiger partial charge on any atom is 0.414 e. The topological polar surface area (TPSA) is 143 Å². The van der Waals surface area contributed by atoms with Crippen LogP contribution in [0.25, 0.3) is 0 Å². The summed E-state index contributed by atoms with van der Waals surface area (Å²) in [5.41, 5.74) is 6.08. The molecular formula is C26H31ClFN5O7S. The smallest absolute Gasteiger partial charge is 0.414 e. The van der Waals surface area contributed by atoms with Crippen LogP contribution in [0, 0.1) is 5.82 Å². The number of hydrogen-bond acceptors (Lipinski definition) is 9. The predicted octanol–water partition coefficient (Wildman–Crippen LogP) is 1.23. The van der Waals surface area contributed by atoms with E-state index < -0.39 is 46.4 Å². The van der Waals surface area contributed by atoms with Crippen LogP contribution >= 0.6 is 22.1 Å². The Hall–Kier alpha value is -3.17. The molecule has 222 valence electrons. The number of carbonyl (C=O) groups is 5. The Morgan fingerprint density at radius 1 is 1.24 bits per heavy atom. The molecule has 0 aromatic heterocycles. The third-order valence-corrected chi connectivity index (χ3v) is 9.45. The molecule has 0 saturated carbocycles. The minimum absolute atomic E-state index is 0.00283. The second kappa shape index (κ2) is 12.8. The van der Waals surface area contributed by atoms with E-state index in [1.165, 1.54) is 31.0 Å². The fraction of sp³-hybridized carbons (Fsp3) is 0.462. The number of allylic oxidation sites excluding steroid dienone is 1. The molecule has 2 fully saturated rings. The van der Waals surface area contributed by atoms with E-state index in [-0.39, 0.29) is 54.3 Å². The normalized spacial score (nSPS) is 21.7. The average Bonchev–Trinajstić information content (AvgIpc) is 3.48. The van der Waals surface area contributed by atoms with E-state index in [9.17, 15) is 24.0 Å². The van der Waals surface area contributed by atoms with Gasteiger partial charge in [-0.15, -0.1) is 0 Å². The van der Waals surface area contributed by atoms with Gasteiger partial charge in [0.05, 0.1) is 40.7 Å². The molecule has 2 unspecified atom stereocenters. The van der Waals surface area contributed by atoms with Gasteiger partial charge in [-0.05, 0) is 32.2 Å². The number of hydrogen-bond donors (Lipinski definition) is 1. The lowest BCUT2D eigenvalue weighted by Gasteiger charge is -2.27. The van der Waals surface area contributed by atoms with E-state index in [1.807, 2.05) is 0 Å². The van der Waals surface area contributed by atoms with Crippen molar-refractivity contribution in [2.75, 3.05) is 63.3 Å². The first-order valence-electron chi connectivity index (χ1n) is 12.8. The third kappa shape index (κ3) is 6.67. The summed E-state index contributed by atoms with van der Waals surface area (Å²) in [5, 5.41) is -0.377. The molecule has 3 heterocycles. The Balaban J connectivity index is 1.34. The largest absolute Gasteiger partial charge is 0.443 e. The molecule has 12 nitrogen and oxygen atoms in total. The van der Waals surface area contributed by atoms with Gasteiger partial charge in [-0.1, -0.05) is 28.2 Å². The quantitative estimate of drug-likeness (QED) is 0.339. The van der Waals surface area contributed by atoms with Crippen molar-refractivity contribution < 1.29 is 37.8 Å². The molecule has 0 bridgehead atoms. The number of halogens is 2. The number of imide groups is 1. The molecule has 41 heavy (non-hydrogen) atoms. The van der Waals surface area contributed by atoms with E-state index in [2.05, 4.69) is 0 Å². The molecule has 4 rings (SSSR count). The van der Waals surface area contributed by atoms with Crippen molar-refractivity contribution in [1.82, 2.24) is 9.80 Å². The minimum Gasteiger partial charge on any atom is -0.443 e. The molecule has 0 radical (unpaired) electrons. The van der Waals surface area contributed by atoms with Crippen LogP contribution in [0.2, 0.25) is 0 Å². The first-order valence-corrected chi connectivity index (χ1v) is 14.4. The van der Waals surface area contributed by atoms with Crippen molar-refractivity contribution >= 4 is 66.7 Å². The first-order chi connectivity index (χ1) is 19.4. The van der Waals surface area contributed by atoms with Gasteiger partial charge in [0.2, 0.25) is 11.0 Å². The number of benzene rings is 1. The highest BCUT2D eigenvalue weighted by molar-refractivity contribution is 8.33. The van der Waals surface area contributed by atoms with Crippen LogP contribution in [-0.4, -0.2) is 109 Å². The highest BCUT2D eigenvalue weighted by atomic mass is 35.5. The highest BCUT2D eigenvalue weighted by Gasteiger charge is 2.36. The van der Waals surface area contributed by atoms with Crippen LogP contribution < -0.4 is 15.5 Å². The maximum atomic E-state index is 15.0. The molecule has 2 saturated heterocycles. The van der Waals surface area contributed by atoms with Crippen molar-refractivity contribution in [3.8, 4) is 0 Å². The number of amides is 4. The van der Waals surface area contributed by atoms with E-state index in [1.54, 1.807) is 24.1 Å². The Morgan fingerprint density at radius 2 is 1.98 bits per heavy atom. The van der Waals surface area contributed by atoms with E-state index in [4.69, 9.17) is 26.8 Å². The molecule has 15 heteroatoms. The Labute approximate surface area is 243 Å².